The number of aryl methyl sites for hydroxylation is 2. The predicted molar refractivity (Wildman–Crippen MR) is 98.8 cm³/mol. The highest BCUT2D eigenvalue weighted by Crippen LogP contribution is 2.17. The minimum Gasteiger partial charge on any atom is -0.381 e. The van der Waals surface area contributed by atoms with E-state index in [1.54, 1.807) is 11.3 Å². The molecule has 0 amide bonds. The number of aromatic nitrogens is 1. The van der Waals surface area contributed by atoms with Crippen LogP contribution < -0.4 is 5.32 Å². The summed E-state index contributed by atoms with van der Waals surface area (Å²) in [7, 11) is 3.91. The second-order valence-electron chi connectivity index (χ2n) is 5.25. The maximum Gasteiger partial charge on any atom is 0.193 e. The predicted octanol–water partition coefficient (Wildman–Crippen LogP) is 2.42. The molecule has 1 aliphatic rings. The molecular weight excluding hydrogens is 399 g/mol. The molecule has 0 radical (unpaired) electrons. The lowest BCUT2D eigenvalue weighted by molar-refractivity contribution is 0.181. The molecular formula is C14H25IN4OS. The molecule has 2 rings (SSSR count). The van der Waals surface area contributed by atoms with Crippen LogP contribution in [0.25, 0.3) is 0 Å². The van der Waals surface area contributed by atoms with Crippen LogP contribution in [0.1, 0.15) is 22.0 Å². The molecule has 21 heavy (non-hydrogen) atoms. The van der Waals surface area contributed by atoms with Crippen LogP contribution in [-0.2, 0) is 11.3 Å². The van der Waals surface area contributed by atoms with Crippen LogP contribution in [0.4, 0.5) is 0 Å². The molecule has 5 nitrogen and oxygen atoms in total. The van der Waals surface area contributed by atoms with Gasteiger partial charge in [0.05, 0.1) is 23.9 Å². The van der Waals surface area contributed by atoms with Crippen LogP contribution in [0.15, 0.2) is 4.99 Å². The van der Waals surface area contributed by atoms with E-state index in [2.05, 4.69) is 34.2 Å². The van der Waals surface area contributed by atoms with Crippen molar-refractivity contribution in [2.24, 2.45) is 10.9 Å². The lowest BCUT2D eigenvalue weighted by atomic mass is 10.1. The van der Waals surface area contributed by atoms with Crippen molar-refractivity contribution in [2.45, 2.75) is 26.8 Å². The van der Waals surface area contributed by atoms with Crippen molar-refractivity contribution in [3.8, 4) is 0 Å². The number of hydrogen-bond acceptors (Lipinski definition) is 4. The number of nitrogens with one attached hydrogen (secondary N) is 1. The largest absolute Gasteiger partial charge is 0.381 e. The van der Waals surface area contributed by atoms with E-state index in [-0.39, 0.29) is 24.0 Å². The van der Waals surface area contributed by atoms with Crippen molar-refractivity contribution < 1.29 is 4.74 Å². The molecule has 1 unspecified atom stereocenters. The maximum atomic E-state index is 5.43. The molecule has 2 heterocycles. The average molecular weight is 424 g/mol. The Hall–Kier alpha value is -0.410. The van der Waals surface area contributed by atoms with Gasteiger partial charge in [-0.05, 0) is 20.3 Å². The number of aliphatic imine (C=N–C) groups is 1. The summed E-state index contributed by atoms with van der Waals surface area (Å²) in [5, 5.41) is 4.54. The molecule has 1 N–H and O–H groups in total. The Balaban J connectivity index is 0.00000220. The van der Waals surface area contributed by atoms with Crippen LogP contribution in [0.2, 0.25) is 0 Å². The van der Waals surface area contributed by atoms with Gasteiger partial charge in [-0.25, -0.2) is 4.98 Å². The smallest absolute Gasteiger partial charge is 0.193 e. The second-order valence-corrected chi connectivity index (χ2v) is 6.54. The van der Waals surface area contributed by atoms with Gasteiger partial charge in [0.1, 0.15) is 0 Å². The Morgan fingerprint density at radius 3 is 2.81 bits per heavy atom. The van der Waals surface area contributed by atoms with E-state index in [4.69, 9.17) is 4.74 Å². The van der Waals surface area contributed by atoms with Crippen molar-refractivity contribution in [3.63, 3.8) is 0 Å². The zero-order valence-corrected chi connectivity index (χ0v) is 16.3. The third-order valence-electron chi connectivity index (χ3n) is 3.54. The molecule has 0 aliphatic carbocycles. The van der Waals surface area contributed by atoms with Crippen LogP contribution in [0, 0.1) is 19.8 Å². The Labute approximate surface area is 148 Å². The minimum atomic E-state index is 0. The van der Waals surface area contributed by atoms with Gasteiger partial charge in [0.25, 0.3) is 0 Å². The third-order valence-corrected chi connectivity index (χ3v) is 4.61. The first-order valence-electron chi connectivity index (χ1n) is 7.02. The Morgan fingerprint density at radius 2 is 2.29 bits per heavy atom. The van der Waals surface area contributed by atoms with Crippen molar-refractivity contribution in [1.82, 2.24) is 15.2 Å². The fourth-order valence-electron chi connectivity index (χ4n) is 2.48. The maximum absolute atomic E-state index is 5.43. The summed E-state index contributed by atoms with van der Waals surface area (Å²) in [6, 6.07) is 0. The summed E-state index contributed by atoms with van der Waals surface area (Å²) >= 11 is 1.74. The molecule has 0 saturated carbocycles. The van der Waals surface area contributed by atoms with Crippen LogP contribution in [0.3, 0.4) is 0 Å². The summed E-state index contributed by atoms with van der Waals surface area (Å²) in [4.78, 5) is 12.3. The molecule has 1 aromatic heterocycles. The van der Waals surface area contributed by atoms with Crippen LogP contribution >= 0.6 is 35.3 Å². The minimum absolute atomic E-state index is 0. The van der Waals surface area contributed by atoms with E-state index in [0.717, 1.165) is 49.4 Å². The quantitative estimate of drug-likeness (QED) is 0.458. The Bertz CT molecular complexity index is 472. The topological polar surface area (TPSA) is 49.8 Å². The van der Waals surface area contributed by atoms with Gasteiger partial charge in [-0.1, -0.05) is 0 Å². The molecule has 1 aliphatic heterocycles. The number of halogens is 1. The van der Waals surface area contributed by atoms with Gasteiger partial charge in [0.15, 0.2) is 5.96 Å². The Morgan fingerprint density at radius 1 is 1.52 bits per heavy atom. The third kappa shape index (κ3) is 5.37. The fourth-order valence-corrected chi connectivity index (χ4v) is 3.36. The van der Waals surface area contributed by atoms with E-state index in [1.807, 2.05) is 14.0 Å². The van der Waals surface area contributed by atoms with E-state index in [1.165, 1.54) is 4.88 Å². The van der Waals surface area contributed by atoms with Gasteiger partial charge in [-0.15, -0.1) is 35.3 Å². The van der Waals surface area contributed by atoms with Gasteiger partial charge in [0.2, 0.25) is 0 Å². The average Bonchev–Trinajstić information content (AvgIpc) is 3.00. The number of guanidine groups is 1. The Kier molecular flexibility index (Phi) is 7.89. The van der Waals surface area contributed by atoms with Crippen LogP contribution in [0.5, 0.6) is 0 Å². The highest BCUT2D eigenvalue weighted by Gasteiger charge is 2.19. The molecule has 1 fully saturated rings. The first-order chi connectivity index (χ1) is 9.60. The standard InChI is InChI=1S/C14H24N4OS.HI/c1-10-13(20-11(2)17-10)7-16-14(15-3)18(4)8-12-5-6-19-9-12;/h12H,5-9H2,1-4H3,(H,15,16);1H. The fraction of sp³-hybridized carbons (Fsp3) is 0.714. The van der Waals surface area contributed by atoms with Crippen molar-refractivity contribution in [1.29, 1.82) is 0 Å². The number of nitrogens with zero attached hydrogens (tertiary/aromatic N) is 3. The summed E-state index contributed by atoms with van der Waals surface area (Å²) in [6.07, 6.45) is 1.15. The zero-order valence-electron chi connectivity index (χ0n) is 13.2. The highest BCUT2D eigenvalue weighted by molar-refractivity contribution is 14.0. The van der Waals surface area contributed by atoms with Gasteiger partial charge >= 0.3 is 0 Å². The molecule has 0 bridgehead atoms. The second kappa shape index (κ2) is 8.89. The van der Waals surface area contributed by atoms with Crippen molar-refractivity contribution >= 4 is 41.3 Å². The summed E-state index contributed by atoms with van der Waals surface area (Å²) in [5.74, 6) is 1.55. The van der Waals surface area contributed by atoms with E-state index in [9.17, 15) is 0 Å². The number of rotatable bonds is 4. The van der Waals surface area contributed by atoms with E-state index < -0.39 is 0 Å². The molecule has 1 aromatic rings. The molecule has 0 aromatic carbocycles. The molecule has 7 heteroatoms. The molecule has 120 valence electrons. The number of hydrogen-bond donors (Lipinski definition) is 1. The zero-order chi connectivity index (χ0) is 14.5. The van der Waals surface area contributed by atoms with Gasteiger partial charge in [-0.3, -0.25) is 4.99 Å². The van der Waals surface area contributed by atoms with E-state index in [0.29, 0.717) is 5.92 Å². The number of thiazole rings is 1. The first-order valence-corrected chi connectivity index (χ1v) is 7.84. The first kappa shape index (κ1) is 18.6. The normalized spacial score (nSPS) is 18.5. The lowest BCUT2D eigenvalue weighted by Crippen LogP contribution is -2.41. The van der Waals surface area contributed by atoms with Crippen LogP contribution in [-0.4, -0.2) is 49.7 Å². The summed E-state index contributed by atoms with van der Waals surface area (Å²) < 4.78 is 5.43. The molecule has 1 saturated heterocycles. The van der Waals surface area contributed by atoms with Gasteiger partial charge < -0.3 is 15.0 Å². The highest BCUT2D eigenvalue weighted by atomic mass is 127. The molecule has 1 atom stereocenters. The number of ether oxygens (including phenoxy) is 1. The molecule has 0 spiro atoms. The summed E-state index contributed by atoms with van der Waals surface area (Å²) in [6.45, 7) is 7.64. The van der Waals surface area contributed by atoms with Gasteiger partial charge in [0, 0.05) is 38.0 Å². The van der Waals surface area contributed by atoms with E-state index >= 15 is 0 Å². The van der Waals surface area contributed by atoms with Crippen molar-refractivity contribution in [2.75, 3.05) is 33.9 Å². The lowest BCUT2D eigenvalue weighted by Gasteiger charge is -2.24. The SMILES string of the molecule is CN=C(NCc1sc(C)nc1C)N(C)CC1CCOC1.I. The van der Waals surface area contributed by atoms with Gasteiger partial charge in [-0.2, -0.15) is 0 Å². The monoisotopic (exact) mass is 424 g/mol. The van der Waals surface area contributed by atoms with Crippen molar-refractivity contribution in [3.05, 3.63) is 15.6 Å². The summed E-state index contributed by atoms with van der Waals surface area (Å²) in [5.41, 5.74) is 1.11.